The lowest BCUT2D eigenvalue weighted by Crippen LogP contribution is -2.47. The molecule has 0 N–H and O–H groups in total. The molecule has 1 fully saturated rings. The Morgan fingerprint density at radius 2 is 1.44 bits per heavy atom. The van der Waals surface area contributed by atoms with Crippen LogP contribution >= 0.6 is 0 Å². The first-order chi connectivity index (χ1) is 17.8. The van der Waals surface area contributed by atoms with E-state index in [0.29, 0.717) is 6.61 Å². The van der Waals surface area contributed by atoms with E-state index in [9.17, 15) is 0 Å². The van der Waals surface area contributed by atoms with Gasteiger partial charge in [0.2, 0.25) is 0 Å². The molecule has 3 heteroatoms. The molecule has 0 aromatic heterocycles. The lowest BCUT2D eigenvalue weighted by Gasteiger charge is -2.37. The van der Waals surface area contributed by atoms with E-state index < -0.39 is 0 Å². The van der Waals surface area contributed by atoms with Gasteiger partial charge in [0.25, 0.3) is 0 Å². The molecule has 1 aliphatic carbocycles. The van der Waals surface area contributed by atoms with Gasteiger partial charge in [0, 0.05) is 39.3 Å². The highest BCUT2D eigenvalue weighted by atomic mass is 16.5. The standard InChI is InChI=1S/C33H36N2O/c1-2-6-26(7-3-1)23-34-16-18-35(19-17-34)24-27-10-13-32-22-33(15-14-31(32)20-27)36-25-28-11-12-29-8-4-5-9-30(29)21-28/h1-9,11-12,14-15,21-22,27H,10,13,16-20,23-25H2. The molecule has 0 spiro atoms. The van der Waals surface area contributed by atoms with Gasteiger partial charge in [-0.1, -0.05) is 72.8 Å². The fourth-order valence-electron chi connectivity index (χ4n) is 5.88. The van der Waals surface area contributed by atoms with Gasteiger partial charge in [0.1, 0.15) is 12.4 Å². The van der Waals surface area contributed by atoms with Crippen molar-refractivity contribution in [1.29, 1.82) is 0 Å². The van der Waals surface area contributed by atoms with Gasteiger partial charge in [-0.15, -0.1) is 0 Å². The second kappa shape index (κ2) is 10.9. The minimum Gasteiger partial charge on any atom is -0.489 e. The molecule has 1 heterocycles. The minimum absolute atomic E-state index is 0.614. The van der Waals surface area contributed by atoms with Gasteiger partial charge in [-0.3, -0.25) is 4.90 Å². The summed E-state index contributed by atoms with van der Waals surface area (Å²) in [5.74, 6) is 1.76. The van der Waals surface area contributed by atoms with Crippen LogP contribution in [-0.4, -0.2) is 42.5 Å². The van der Waals surface area contributed by atoms with Crippen LogP contribution in [0.3, 0.4) is 0 Å². The summed E-state index contributed by atoms with van der Waals surface area (Å²) in [7, 11) is 0. The van der Waals surface area contributed by atoms with E-state index in [1.54, 1.807) is 0 Å². The molecule has 1 saturated heterocycles. The normalized spacial score (nSPS) is 18.7. The molecule has 0 bridgehead atoms. The number of piperazine rings is 1. The molecule has 4 aromatic rings. The summed E-state index contributed by atoms with van der Waals surface area (Å²) >= 11 is 0. The third-order valence-electron chi connectivity index (χ3n) is 7.96. The van der Waals surface area contributed by atoms with Crippen LogP contribution in [0.1, 0.15) is 28.7 Å². The molecule has 36 heavy (non-hydrogen) atoms. The zero-order chi connectivity index (χ0) is 24.2. The molecular weight excluding hydrogens is 440 g/mol. The molecule has 4 aromatic carbocycles. The van der Waals surface area contributed by atoms with E-state index in [1.807, 2.05) is 0 Å². The van der Waals surface area contributed by atoms with Crippen molar-refractivity contribution < 1.29 is 4.74 Å². The number of fused-ring (bicyclic) bond motifs is 2. The summed E-state index contributed by atoms with van der Waals surface area (Å²) in [6, 6.07) is 32.7. The first-order valence-corrected chi connectivity index (χ1v) is 13.5. The maximum absolute atomic E-state index is 6.20. The Balaban J connectivity index is 0.990. The topological polar surface area (TPSA) is 15.7 Å². The van der Waals surface area contributed by atoms with E-state index in [4.69, 9.17) is 4.74 Å². The Bertz CT molecular complexity index is 1290. The Kier molecular flexibility index (Phi) is 7.02. The summed E-state index contributed by atoms with van der Waals surface area (Å²) in [6.07, 6.45) is 3.65. The van der Waals surface area contributed by atoms with Gasteiger partial charge in [-0.2, -0.15) is 0 Å². The van der Waals surface area contributed by atoms with Crippen molar-refractivity contribution in [3.63, 3.8) is 0 Å². The van der Waals surface area contributed by atoms with Crippen LogP contribution in [0, 0.1) is 5.92 Å². The molecule has 1 aliphatic heterocycles. The highest BCUT2D eigenvalue weighted by Gasteiger charge is 2.24. The number of ether oxygens (including phenoxy) is 1. The van der Waals surface area contributed by atoms with Crippen LogP contribution in [0.5, 0.6) is 5.75 Å². The van der Waals surface area contributed by atoms with Gasteiger partial charge in [-0.05, 0) is 76.4 Å². The largest absolute Gasteiger partial charge is 0.489 e. The van der Waals surface area contributed by atoms with Crippen molar-refractivity contribution in [3.8, 4) is 5.75 Å². The van der Waals surface area contributed by atoms with Gasteiger partial charge in [0.15, 0.2) is 0 Å². The third kappa shape index (κ3) is 5.64. The van der Waals surface area contributed by atoms with Crippen molar-refractivity contribution in [2.75, 3.05) is 32.7 Å². The highest BCUT2D eigenvalue weighted by Crippen LogP contribution is 2.30. The van der Waals surface area contributed by atoms with E-state index in [-0.39, 0.29) is 0 Å². The van der Waals surface area contributed by atoms with Crippen LogP contribution in [-0.2, 0) is 26.0 Å². The first kappa shape index (κ1) is 23.3. The molecule has 0 radical (unpaired) electrons. The number of nitrogens with zero attached hydrogens (tertiary/aromatic N) is 2. The Morgan fingerprint density at radius 1 is 0.667 bits per heavy atom. The highest BCUT2D eigenvalue weighted by molar-refractivity contribution is 5.82. The lowest BCUT2D eigenvalue weighted by atomic mass is 9.83. The molecule has 184 valence electrons. The van der Waals surface area contributed by atoms with Crippen molar-refractivity contribution in [3.05, 3.63) is 113 Å². The zero-order valence-corrected chi connectivity index (χ0v) is 21.1. The number of benzene rings is 4. The third-order valence-corrected chi connectivity index (χ3v) is 7.96. The van der Waals surface area contributed by atoms with Crippen molar-refractivity contribution >= 4 is 10.8 Å². The van der Waals surface area contributed by atoms with Crippen LogP contribution in [0.4, 0.5) is 0 Å². The summed E-state index contributed by atoms with van der Waals surface area (Å²) in [5.41, 5.74) is 5.65. The predicted molar refractivity (Wildman–Crippen MR) is 148 cm³/mol. The first-order valence-electron chi connectivity index (χ1n) is 13.5. The molecule has 1 unspecified atom stereocenters. The lowest BCUT2D eigenvalue weighted by molar-refractivity contribution is 0.110. The molecule has 0 saturated carbocycles. The van der Waals surface area contributed by atoms with E-state index in [0.717, 1.165) is 18.2 Å². The second-order valence-corrected chi connectivity index (χ2v) is 10.6. The van der Waals surface area contributed by atoms with E-state index in [1.165, 1.54) is 85.0 Å². The minimum atomic E-state index is 0.614. The number of rotatable bonds is 7. The summed E-state index contributed by atoms with van der Waals surface area (Å²) < 4.78 is 6.20. The summed E-state index contributed by atoms with van der Waals surface area (Å²) in [6.45, 7) is 7.67. The maximum Gasteiger partial charge on any atom is 0.120 e. The van der Waals surface area contributed by atoms with Crippen molar-refractivity contribution in [1.82, 2.24) is 9.80 Å². The van der Waals surface area contributed by atoms with Crippen LogP contribution in [0.2, 0.25) is 0 Å². The quantitative estimate of drug-likeness (QED) is 0.309. The van der Waals surface area contributed by atoms with Gasteiger partial charge < -0.3 is 9.64 Å². The Hall–Kier alpha value is -3.14. The average molecular weight is 477 g/mol. The monoisotopic (exact) mass is 476 g/mol. The fourth-order valence-corrected chi connectivity index (χ4v) is 5.88. The van der Waals surface area contributed by atoms with Crippen LogP contribution < -0.4 is 4.74 Å². The number of hydrogen-bond donors (Lipinski definition) is 0. The van der Waals surface area contributed by atoms with Crippen molar-refractivity contribution in [2.45, 2.75) is 32.4 Å². The smallest absolute Gasteiger partial charge is 0.120 e. The average Bonchev–Trinajstić information content (AvgIpc) is 2.93. The molecule has 6 rings (SSSR count). The number of aryl methyl sites for hydroxylation is 1. The van der Waals surface area contributed by atoms with E-state index >= 15 is 0 Å². The van der Waals surface area contributed by atoms with Gasteiger partial charge in [-0.25, -0.2) is 0 Å². The zero-order valence-electron chi connectivity index (χ0n) is 21.1. The van der Waals surface area contributed by atoms with Crippen molar-refractivity contribution in [2.24, 2.45) is 5.92 Å². The molecule has 3 nitrogen and oxygen atoms in total. The van der Waals surface area contributed by atoms with Gasteiger partial charge >= 0.3 is 0 Å². The maximum atomic E-state index is 6.20. The number of hydrogen-bond acceptors (Lipinski definition) is 3. The molecular formula is C33H36N2O. The second-order valence-electron chi connectivity index (χ2n) is 10.6. The predicted octanol–water partition coefficient (Wildman–Crippen LogP) is 6.34. The van der Waals surface area contributed by atoms with Crippen LogP contribution in [0.15, 0.2) is 91.0 Å². The molecule has 2 aliphatic rings. The summed E-state index contributed by atoms with van der Waals surface area (Å²) in [5, 5.41) is 2.55. The molecule has 1 atom stereocenters. The fraction of sp³-hybridized carbons (Fsp3) is 0.333. The SMILES string of the molecule is c1ccc(CN2CCN(CC3CCc4cc(OCc5ccc6ccccc6c5)ccc4C3)CC2)cc1. The van der Waals surface area contributed by atoms with E-state index in [2.05, 4.69) is 101 Å². The van der Waals surface area contributed by atoms with Gasteiger partial charge in [0.05, 0.1) is 0 Å². The molecule has 0 amide bonds. The Morgan fingerprint density at radius 3 is 2.31 bits per heavy atom. The van der Waals surface area contributed by atoms with Crippen LogP contribution in [0.25, 0.3) is 10.8 Å². The summed E-state index contributed by atoms with van der Waals surface area (Å²) in [4.78, 5) is 5.29. The Labute approximate surface area is 215 Å².